The highest BCUT2D eigenvalue weighted by molar-refractivity contribution is 5.80. The number of aromatic nitrogens is 2. The Kier molecular flexibility index (Phi) is 5.40. The van der Waals surface area contributed by atoms with Gasteiger partial charge < -0.3 is 20.5 Å². The van der Waals surface area contributed by atoms with Gasteiger partial charge in [0.1, 0.15) is 35.0 Å². The van der Waals surface area contributed by atoms with Crippen molar-refractivity contribution in [3.05, 3.63) is 65.5 Å². The molecule has 3 N–H and O–H groups in total. The molecule has 9 heteroatoms. The van der Waals surface area contributed by atoms with Crippen LogP contribution >= 0.6 is 0 Å². The molecule has 2 heterocycles. The van der Waals surface area contributed by atoms with Gasteiger partial charge in [0.2, 0.25) is 5.91 Å². The molecule has 0 fully saturated rings. The SMILES string of the molecule is CC1(C)Cn2c(nc(-c3ccc(F)cc3)c2Nc2ccc(C#N)c(F)c2)CN1C(=O)CN. The zero-order valence-electron chi connectivity index (χ0n) is 17.7. The zero-order chi connectivity index (χ0) is 23.0. The second kappa shape index (κ2) is 8.05. The molecule has 0 radical (unpaired) electrons. The van der Waals surface area contributed by atoms with Crippen LogP contribution < -0.4 is 11.1 Å². The van der Waals surface area contributed by atoms with E-state index in [4.69, 9.17) is 16.0 Å². The van der Waals surface area contributed by atoms with E-state index in [1.165, 1.54) is 24.3 Å². The van der Waals surface area contributed by atoms with E-state index in [9.17, 15) is 13.6 Å². The molecule has 1 aliphatic heterocycles. The van der Waals surface area contributed by atoms with Crippen LogP contribution in [0.25, 0.3) is 11.3 Å². The van der Waals surface area contributed by atoms with Gasteiger partial charge in [-0.25, -0.2) is 13.8 Å². The van der Waals surface area contributed by atoms with E-state index in [0.29, 0.717) is 35.1 Å². The number of nitrogens with zero attached hydrogens (tertiary/aromatic N) is 4. The lowest BCUT2D eigenvalue weighted by molar-refractivity contribution is -0.137. The molecule has 0 bridgehead atoms. The van der Waals surface area contributed by atoms with Crippen molar-refractivity contribution in [1.29, 1.82) is 5.26 Å². The van der Waals surface area contributed by atoms with E-state index in [1.54, 1.807) is 29.2 Å². The summed E-state index contributed by atoms with van der Waals surface area (Å²) in [5, 5.41) is 12.2. The van der Waals surface area contributed by atoms with Gasteiger partial charge in [-0.05, 0) is 56.3 Å². The third kappa shape index (κ3) is 3.81. The summed E-state index contributed by atoms with van der Waals surface area (Å²) in [5.41, 5.74) is 6.65. The van der Waals surface area contributed by atoms with E-state index in [2.05, 4.69) is 5.32 Å². The monoisotopic (exact) mass is 436 g/mol. The lowest BCUT2D eigenvalue weighted by atomic mass is 9.99. The number of nitrogens with two attached hydrogens (primary N) is 1. The minimum atomic E-state index is -0.640. The van der Waals surface area contributed by atoms with E-state index >= 15 is 0 Å². The minimum absolute atomic E-state index is 0.0540. The Hall–Kier alpha value is -3.77. The summed E-state index contributed by atoms with van der Waals surface area (Å²) in [6.45, 7) is 4.44. The Morgan fingerprint density at radius 3 is 2.59 bits per heavy atom. The van der Waals surface area contributed by atoms with Crippen LogP contribution in [0.5, 0.6) is 0 Å². The standard InChI is InChI=1S/C23H22F2N6O/c1-23(2)13-30-19(12-31(23)20(32)11-27)29-21(14-3-6-16(24)7-4-14)22(30)28-17-8-5-15(10-26)18(25)9-17/h3-9,28H,11-13,27H2,1-2H3. The van der Waals surface area contributed by atoms with Crippen molar-refractivity contribution < 1.29 is 13.6 Å². The van der Waals surface area contributed by atoms with Crippen molar-refractivity contribution in [1.82, 2.24) is 14.5 Å². The second-order valence-corrected chi connectivity index (χ2v) is 8.25. The summed E-state index contributed by atoms with van der Waals surface area (Å²) < 4.78 is 29.7. The van der Waals surface area contributed by atoms with Crippen LogP contribution in [0, 0.1) is 23.0 Å². The number of amides is 1. The van der Waals surface area contributed by atoms with Crippen LogP contribution in [0.3, 0.4) is 0 Å². The van der Waals surface area contributed by atoms with E-state index < -0.39 is 11.4 Å². The summed E-state index contributed by atoms with van der Waals surface area (Å²) in [6, 6.07) is 12.0. The number of nitrogens with one attached hydrogen (secondary N) is 1. The molecular formula is C23H22F2N6O. The van der Waals surface area contributed by atoms with E-state index in [1.807, 2.05) is 18.4 Å². The third-order valence-corrected chi connectivity index (χ3v) is 5.57. The molecule has 3 aromatic rings. The van der Waals surface area contributed by atoms with Gasteiger partial charge in [-0.2, -0.15) is 5.26 Å². The maximum atomic E-state index is 14.2. The molecule has 1 amide bonds. The van der Waals surface area contributed by atoms with Crippen molar-refractivity contribution in [3.63, 3.8) is 0 Å². The Morgan fingerprint density at radius 2 is 1.97 bits per heavy atom. The molecule has 0 aliphatic carbocycles. The number of imidazole rings is 1. The first kappa shape index (κ1) is 21.5. The number of rotatable bonds is 4. The van der Waals surface area contributed by atoms with Crippen molar-refractivity contribution in [3.8, 4) is 17.3 Å². The van der Waals surface area contributed by atoms with E-state index in [0.717, 1.165) is 0 Å². The number of hydrogen-bond acceptors (Lipinski definition) is 5. The predicted octanol–water partition coefficient (Wildman–Crippen LogP) is 3.52. The van der Waals surface area contributed by atoms with Gasteiger partial charge in [-0.1, -0.05) is 0 Å². The largest absolute Gasteiger partial charge is 0.340 e. The van der Waals surface area contributed by atoms with Gasteiger partial charge in [0.05, 0.1) is 24.2 Å². The summed E-state index contributed by atoms with van der Waals surface area (Å²) in [6.07, 6.45) is 0. The topological polar surface area (TPSA) is 100.0 Å². The van der Waals surface area contributed by atoms with Crippen LogP contribution in [-0.2, 0) is 17.9 Å². The van der Waals surface area contributed by atoms with Crippen LogP contribution in [0.4, 0.5) is 20.3 Å². The molecule has 0 atom stereocenters. The molecule has 0 spiro atoms. The van der Waals surface area contributed by atoms with Gasteiger partial charge in [0.15, 0.2) is 0 Å². The van der Waals surface area contributed by atoms with Crippen molar-refractivity contribution in [2.75, 3.05) is 11.9 Å². The smallest absolute Gasteiger partial charge is 0.237 e. The molecule has 7 nitrogen and oxygen atoms in total. The van der Waals surface area contributed by atoms with Crippen LogP contribution in [0.2, 0.25) is 0 Å². The summed E-state index contributed by atoms with van der Waals surface area (Å²) >= 11 is 0. The average molecular weight is 436 g/mol. The molecule has 4 rings (SSSR count). The first-order chi connectivity index (χ1) is 15.2. The zero-order valence-corrected chi connectivity index (χ0v) is 17.7. The Bertz CT molecular complexity index is 1230. The number of halogens is 2. The fraction of sp³-hybridized carbons (Fsp3) is 0.261. The van der Waals surface area contributed by atoms with Crippen molar-refractivity contribution in [2.24, 2.45) is 5.73 Å². The number of carbonyl (C=O) groups is 1. The number of anilines is 2. The highest BCUT2D eigenvalue weighted by Crippen LogP contribution is 2.37. The van der Waals surface area contributed by atoms with Gasteiger partial charge in [0.25, 0.3) is 0 Å². The Morgan fingerprint density at radius 1 is 1.25 bits per heavy atom. The first-order valence-electron chi connectivity index (χ1n) is 10.1. The highest BCUT2D eigenvalue weighted by Gasteiger charge is 2.38. The Labute approximate surface area is 184 Å². The quantitative estimate of drug-likeness (QED) is 0.652. The molecule has 164 valence electrons. The second-order valence-electron chi connectivity index (χ2n) is 8.25. The third-order valence-electron chi connectivity index (χ3n) is 5.57. The van der Waals surface area contributed by atoms with Gasteiger partial charge in [0, 0.05) is 17.8 Å². The highest BCUT2D eigenvalue weighted by atomic mass is 19.1. The normalized spacial score (nSPS) is 14.6. The minimum Gasteiger partial charge on any atom is -0.340 e. The summed E-state index contributed by atoms with van der Waals surface area (Å²) in [7, 11) is 0. The van der Waals surface area contributed by atoms with Crippen molar-refractivity contribution in [2.45, 2.75) is 32.5 Å². The van der Waals surface area contributed by atoms with E-state index in [-0.39, 0.29) is 30.4 Å². The number of carbonyl (C=O) groups excluding carboxylic acids is 1. The lowest BCUT2D eigenvalue weighted by Gasteiger charge is -2.42. The molecule has 0 unspecified atom stereocenters. The number of fused-ring (bicyclic) bond motifs is 1. The number of nitriles is 1. The van der Waals surface area contributed by atoms with Crippen LogP contribution in [0.1, 0.15) is 25.2 Å². The van der Waals surface area contributed by atoms with Gasteiger partial charge in [-0.3, -0.25) is 4.79 Å². The maximum absolute atomic E-state index is 14.2. The molecule has 32 heavy (non-hydrogen) atoms. The van der Waals surface area contributed by atoms with Gasteiger partial charge >= 0.3 is 0 Å². The summed E-state index contributed by atoms with van der Waals surface area (Å²) in [4.78, 5) is 18.8. The van der Waals surface area contributed by atoms with Crippen LogP contribution in [0.15, 0.2) is 42.5 Å². The first-order valence-corrected chi connectivity index (χ1v) is 10.1. The maximum Gasteiger partial charge on any atom is 0.237 e. The molecule has 1 aromatic heterocycles. The average Bonchev–Trinajstić information content (AvgIpc) is 3.09. The van der Waals surface area contributed by atoms with Crippen molar-refractivity contribution >= 4 is 17.4 Å². The predicted molar refractivity (Wildman–Crippen MR) is 116 cm³/mol. The fourth-order valence-electron chi connectivity index (χ4n) is 3.91. The molecular weight excluding hydrogens is 414 g/mol. The molecule has 0 saturated carbocycles. The summed E-state index contributed by atoms with van der Waals surface area (Å²) in [5.74, 6) is 0.0171. The Balaban J connectivity index is 1.83. The molecule has 1 aliphatic rings. The molecule has 2 aromatic carbocycles. The number of benzene rings is 2. The van der Waals surface area contributed by atoms with Crippen LogP contribution in [-0.4, -0.2) is 32.4 Å². The number of hydrogen-bond donors (Lipinski definition) is 2. The molecule has 0 saturated heterocycles. The van der Waals surface area contributed by atoms with Gasteiger partial charge in [-0.15, -0.1) is 0 Å². The fourth-order valence-corrected chi connectivity index (χ4v) is 3.91. The lowest BCUT2D eigenvalue weighted by Crippen LogP contribution is -2.55.